The summed E-state index contributed by atoms with van der Waals surface area (Å²) in [5, 5.41) is 10.3. The Kier molecular flexibility index (Phi) is 4.47. The van der Waals surface area contributed by atoms with Crippen molar-refractivity contribution in [1.82, 2.24) is 5.32 Å². The predicted octanol–water partition coefficient (Wildman–Crippen LogP) is 2.01. The lowest BCUT2D eigenvalue weighted by molar-refractivity contribution is -0.123. The second-order valence-corrected chi connectivity index (χ2v) is 3.63. The van der Waals surface area contributed by atoms with Gasteiger partial charge in [-0.1, -0.05) is 6.07 Å². The second-order valence-electron chi connectivity index (χ2n) is 3.63. The van der Waals surface area contributed by atoms with E-state index in [2.05, 4.69) is 0 Å². The second kappa shape index (κ2) is 5.68. The lowest BCUT2D eigenvalue weighted by Crippen LogP contribution is -2.41. The zero-order chi connectivity index (χ0) is 14.6. The Morgan fingerprint density at radius 1 is 1.26 bits per heavy atom. The summed E-state index contributed by atoms with van der Waals surface area (Å²) in [6.45, 7) is -1.53. The molecule has 0 saturated carbocycles. The van der Waals surface area contributed by atoms with Crippen LogP contribution in [-0.4, -0.2) is 35.9 Å². The number of halogens is 4. The molecule has 0 fully saturated rings. The summed E-state index contributed by atoms with van der Waals surface area (Å²) in [6, 6.07) is 4.58. The van der Waals surface area contributed by atoms with Gasteiger partial charge in [0.05, 0.1) is 12.1 Å². The average Bonchev–Trinajstić information content (AvgIpc) is 2.36. The van der Waals surface area contributed by atoms with Gasteiger partial charge in [0.25, 0.3) is 5.91 Å². The topological polar surface area (TPSA) is 66.4 Å². The quantitative estimate of drug-likeness (QED) is 0.810. The molecule has 0 saturated heterocycles. The third-order valence-electron chi connectivity index (χ3n) is 2.18. The van der Waals surface area contributed by atoms with Crippen LogP contribution >= 0.6 is 0 Å². The molecule has 8 heteroatoms. The first-order valence-electron chi connectivity index (χ1n) is 5.01. The van der Waals surface area contributed by atoms with Gasteiger partial charge in [-0.2, -0.15) is 8.78 Å². The van der Waals surface area contributed by atoms with Gasteiger partial charge >= 0.3 is 18.3 Å². The van der Waals surface area contributed by atoms with Crippen LogP contribution in [0.5, 0.6) is 0 Å². The van der Waals surface area contributed by atoms with Gasteiger partial charge in [-0.3, -0.25) is 4.79 Å². The minimum atomic E-state index is -4.33. The Balaban J connectivity index is 2.74. The van der Waals surface area contributed by atoms with E-state index in [-0.39, 0.29) is 11.1 Å². The fraction of sp³-hybridized carbons (Fsp3) is 0.273. The maximum atomic E-state index is 12.6. The predicted molar refractivity (Wildman–Crippen MR) is 56.7 cm³/mol. The third-order valence-corrected chi connectivity index (χ3v) is 2.18. The Morgan fingerprint density at radius 2 is 1.84 bits per heavy atom. The molecule has 0 atom stereocenters. The summed E-state index contributed by atoms with van der Waals surface area (Å²) >= 11 is 0. The lowest BCUT2D eigenvalue weighted by Gasteiger charge is -2.15. The molecule has 0 aliphatic heterocycles. The highest BCUT2D eigenvalue weighted by Crippen LogP contribution is 2.21. The molecule has 0 aliphatic rings. The standard InChI is InChI=1S/C11H9F4NO3/c12-10(13)11(14,15)5-16-8(17)6-2-1-3-7(4-6)9(18)19/h1-4,10H,5H2,(H,16,17)(H,18,19). The molecule has 0 aromatic heterocycles. The van der Waals surface area contributed by atoms with Crippen LogP contribution in [0.2, 0.25) is 0 Å². The Morgan fingerprint density at radius 3 is 2.37 bits per heavy atom. The lowest BCUT2D eigenvalue weighted by atomic mass is 10.1. The summed E-state index contributed by atoms with van der Waals surface area (Å²) in [6.07, 6.45) is -3.89. The van der Waals surface area contributed by atoms with Gasteiger partial charge in [0.1, 0.15) is 0 Å². The first kappa shape index (κ1) is 14.9. The van der Waals surface area contributed by atoms with Crippen molar-refractivity contribution in [3.63, 3.8) is 0 Å². The van der Waals surface area contributed by atoms with Crippen LogP contribution < -0.4 is 5.32 Å². The van der Waals surface area contributed by atoms with E-state index in [9.17, 15) is 27.2 Å². The molecule has 0 bridgehead atoms. The van der Waals surface area contributed by atoms with Crippen molar-refractivity contribution in [2.45, 2.75) is 12.3 Å². The Hall–Kier alpha value is -2.12. The minimum absolute atomic E-state index is 0.204. The highest BCUT2D eigenvalue weighted by atomic mass is 19.3. The van der Waals surface area contributed by atoms with Crippen molar-refractivity contribution in [2.75, 3.05) is 6.54 Å². The molecule has 4 nitrogen and oxygen atoms in total. The van der Waals surface area contributed by atoms with Gasteiger partial charge in [0.15, 0.2) is 0 Å². The number of hydrogen-bond acceptors (Lipinski definition) is 2. The van der Waals surface area contributed by atoms with Crippen LogP contribution in [-0.2, 0) is 0 Å². The average molecular weight is 279 g/mol. The summed E-state index contributed by atoms with van der Waals surface area (Å²) in [7, 11) is 0. The highest BCUT2D eigenvalue weighted by molar-refractivity contribution is 5.97. The normalized spacial score (nSPS) is 11.4. The van der Waals surface area contributed by atoms with Crippen LogP contribution in [0.3, 0.4) is 0 Å². The summed E-state index contributed by atoms with van der Waals surface area (Å²) in [5.41, 5.74) is -0.418. The van der Waals surface area contributed by atoms with E-state index in [1.54, 1.807) is 5.32 Å². The molecule has 0 aliphatic carbocycles. The number of carboxylic acid groups (broad SMARTS) is 1. The smallest absolute Gasteiger partial charge is 0.335 e. The monoisotopic (exact) mass is 279 g/mol. The maximum Gasteiger partial charge on any atom is 0.335 e. The molecule has 1 aromatic rings. The van der Waals surface area contributed by atoms with E-state index < -0.39 is 30.8 Å². The largest absolute Gasteiger partial charge is 0.478 e. The van der Waals surface area contributed by atoms with Crippen LogP contribution in [0, 0.1) is 0 Å². The molecule has 0 unspecified atom stereocenters. The molecule has 0 radical (unpaired) electrons. The molecular weight excluding hydrogens is 270 g/mol. The number of nitrogens with one attached hydrogen (secondary N) is 1. The highest BCUT2D eigenvalue weighted by Gasteiger charge is 2.40. The first-order chi connectivity index (χ1) is 8.74. The SMILES string of the molecule is O=C(O)c1cccc(C(=O)NCC(F)(F)C(F)F)c1. The van der Waals surface area contributed by atoms with Gasteiger partial charge in [-0.25, -0.2) is 13.6 Å². The van der Waals surface area contributed by atoms with E-state index in [0.29, 0.717) is 0 Å². The van der Waals surface area contributed by atoms with Gasteiger partial charge in [0.2, 0.25) is 0 Å². The van der Waals surface area contributed by atoms with Crippen LogP contribution in [0.15, 0.2) is 24.3 Å². The number of alkyl halides is 4. The van der Waals surface area contributed by atoms with Crippen molar-refractivity contribution in [1.29, 1.82) is 0 Å². The van der Waals surface area contributed by atoms with Gasteiger partial charge < -0.3 is 10.4 Å². The van der Waals surface area contributed by atoms with E-state index in [4.69, 9.17) is 5.11 Å². The maximum absolute atomic E-state index is 12.6. The molecular formula is C11H9F4NO3. The molecule has 0 heterocycles. The number of benzene rings is 1. The number of amides is 1. The molecule has 0 spiro atoms. The fourth-order valence-corrected chi connectivity index (χ4v) is 1.17. The molecule has 2 N–H and O–H groups in total. The summed E-state index contributed by atoms with van der Waals surface area (Å²) in [4.78, 5) is 22.0. The van der Waals surface area contributed by atoms with Gasteiger partial charge in [0, 0.05) is 5.56 Å². The van der Waals surface area contributed by atoms with Crippen LogP contribution in [0.1, 0.15) is 20.7 Å². The zero-order valence-electron chi connectivity index (χ0n) is 9.37. The van der Waals surface area contributed by atoms with Crippen molar-refractivity contribution < 1.29 is 32.3 Å². The molecule has 1 amide bonds. The van der Waals surface area contributed by atoms with Crippen molar-refractivity contribution >= 4 is 11.9 Å². The fourth-order valence-electron chi connectivity index (χ4n) is 1.17. The van der Waals surface area contributed by atoms with E-state index in [0.717, 1.165) is 6.07 Å². The van der Waals surface area contributed by atoms with Crippen molar-refractivity contribution in [3.8, 4) is 0 Å². The zero-order valence-corrected chi connectivity index (χ0v) is 9.37. The van der Waals surface area contributed by atoms with Crippen LogP contribution in [0.4, 0.5) is 17.6 Å². The molecule has 1 rings (SSSR count). The molecule has 19 heavy (non-hydrogen) atoms. The van der Waals surface area contributed by atoms with Crippen LogP contribution in [0.25, 0.3) is 0 Å². The van der Waals surface area contributed by atoms with E-state index in [1.165, 1.54) is 18.2 Å². The van der Waals surface area contributed by atoms with E-state index >= 15 is 0 Å². The first-order valence-corrected chi connectivity index (χ1v) is 5.01. The molecule has 104 valence electrons. The molecule has 1 aromatic carbocycles. The summed E-state index contributed by atoms with van der Waals surface area (Å²) in [5.74, 6) is -6.68. The number of aromatic carboxylic acids is 1. The third kappa shape index (κ3) is 3.94. The number of carboxylic acids is 1. The van der Waals surface area contributed by atoms with Gasteiger partial charge in [-0.05, 0) is 18.2 Å². The number of carbonyl (C=O) groups excluding carboxylic acids is 1. The van der Waals surface area contributed by atoms with E-state index in [1.807, 2.05) is 0 Å². The summed E-state index contributed by atoms with van der Waals surface area (Å²) < 4.78 is 48.9. The van der Waals surface area contributed by atoms with Gasteiger partial charge in [-0.15, -0.1) is 0 Å². The van der Waals surface area contributed by atoms with Crippen molar-refractivity contribution in [3.05, 3.63) is 35.4 Å². The number of rotatable bonds is 5. The minimum Gasteiger partial charge on any atom is -0.478 e. The van der Waals surface area contributed by atoms with Crippen molar-refractivity contribution in [2.24, 2.45) is 0 Å². The number of carbonyl (C=O) groups is 2. The Labute approximate surface area is 105 Å². The number of hydrogen-bond donors (Lipinski definition) is 2. The Bertz CT molecular complexity index is 491.